The number of likely N-dealkylation sites (tertiary alicyclic amines) is 1. The van der Waals surface area contributed by atoms with Crippen molar-refractivity contribution in [1.82, 2.24) is 19.5 Å². The zero-order valence-electron chi connectivity index (χ0n) is 18.7. The zero-order valence-corrected chi connectivity index (χ0v) is 18.7. The van der Waals surface area contributed by atoms with Gasteiger partial charge in [-0.05, 0) is 57.9 Å². The molecule has 2 amide bonds. The largest absolute Gasteiger partial charge is 0.497 e. The van der Waals surface area contributed by atoms with Gasteiger partial charge in [0.2, 0.25) is 0 Å². The van der Waals surface area contributed by atoms with E-state index >= 15 is 0 Å². The number of hydrogen-bond acceptors (Lipinski definition) is 6. The number of urea groups is 1. The summed E-state index contributed by atoms with van der Waals surface area (Å²) in [4.78, 5) is 31.3. The number of benzene rings is 1. The third-order valence-electron chi connectivity index (χ3n) is 5.11. The summed E-state index contributed by atoms with van der Waals surface area (Å²) < 4.78 is 12.4. The van der Waals surface area contributed by atoms with Gasteiger partial charge in [-0.15, -0.1) is 0 Å². The molecule has 1 fully saturated rings. The lowest BCUT2D eigenvalue weighted by Gasteiger charge is -2.27. The predicted octanol–water partition coefficient (Wildman–Crippen LogP) is 3.74. The number of esters is 1. The average Bonchev–Trinajstić information content (AvgIpc) is 3.38. The molecule has 0 radical (unpaired) electrons. The molecule has 9 heteroatoms. The van der Waals surface area contributed by atoms with E-state index in [1.807, 2.05) is 57.2 Å². The van der Waals surface area contributed by atoms with Gasteiger partial charge >= 0.3 is 12.0 Å². The normalized spacial score (nSPS) is 16.2. The highest BCUT2D eigenvalue weighted by Crippen LogP contribution is 2.24. The van der Waals surface area contributed by atoms with Crippen LogP contribution in [0.15, 0.2) is 42.6 Å². The van der Waals surface area contributed by atoms with Crippen molar-refractivity contribution >= 4 is 23.5 Å². The second-order valence-electron chi connectivity index (χ2n) is 8.69. The number of nitrogens with one attached hydrogen (secondary N) is 1. The maximum absolute atomic E-state index is 12.9. The number of amides is 2. The minimum atomic E-state index is -0.602. The van der Waals surface area contributed by atoms with Crippen molar-refractivity contribution in [2.45, 2.75) is 45.3 Å². The smallest absolute Gasteiger partial charge is 0.329 e. The molecule has 32 heavy (non-hydrogen) atoms. The van der Waals surface area contributed by atoms with Crippen LogP contribution in [0.2, 0.25) is 0 Å². The Hall–Kier alpha value is -3.62. The molecule has 9 nitrogen and oxygen atoms in total. The highest BCUT2D eigenvalue weighted by atomic mass is 16.6. The highest BCUT2D eigenvalue weighted by molar-refractivity contribution is 5.92. The number of ether oxygens (including phenoxy) is 2. The fraction of sp³-hybridized carbons (Fsp3) is 0.391. The molecule has 1 saturated heterocycles. The minimum Gasteiger partial charge on any atom is -0.497 e. The molecule has 2 aromatic heterocycles. The Kier molecular flexibility index (Phi) is 5.73. The van der Waals surface area contributed by atoms with Crippen LogP contribution in [0.25, 0.3) is 16.9 Å². The lowest BCUT2D eigenvalue weighted by atomic mass is 10.1. The Bertz CT molecular complexity index is 1150. The van der Waals surface area contributed by atoms with Crippen LogP contribution in [0.4, 0.5) is 10.6 Å². The molecule has 4 rings (SSSR count). The average molecular weight is 438 g/mol. The number of methoxy groups -OCH3 is 1. The quantitative estimate of drug-likeness (QED) is 0.625. The van der Waals surface area contributed by atoms with E-state index in [0.29, 0.717) is 24.4 Å². The van der Waals surface area contributed by atoms with E-state index in [1.165, 1.54) is 4.90 Å². The van der Waals surface area contributed by atoms with Gasteiger partial charge in [-0.3, -0.25) is 5.32 Å². The number of carbonyl (C=O) groups excluding carboxylic acids is 2. The first kappa shape index (κ1) is 21.6. The Balaban J connectivity index is 1.50. The van der Waals surface area contributed by atoms with Gasteiger partial charge < -0.3 is 14.4 Å². The molecule has 0 aliphatic carbocycles. The zero-order chi connectivity index (χ0) is 22.9. The Labute approximate surface area is 186 Å². The third-order valence-corrected chi connectivity index (χ3v) is 5.11. The summed E-state index contributed by atoms with van der Waals surface area (Å²) in [6.07, 6.45) is 2.97. The molecule has 0 spiro atoms. The first-order valence-electron chi connectivity index (χ1n) is 10.5. The first-order valence-corrected chi connectivity index (χ1v) is 10.5. The van der Waals surface area contributed by atoms with Gasteiger partial charge in [0.15, 0.2) is 11.5 Å². The fourth-order valence-corrected chi connectivity index (χ4v) is 3.68. The number of anilines is 1. The van der Waals surface area contributed by atoms with Gasteiger partial charge in [-0.25, -0.2) is 19.1 Å². The van der Waals surface area contributed by atoms with Gasteiger partial charge in [0.1, 0.15) is 17.4 Å². The Morgan fingerprint density at radius 2 is 2.00 bits per heavy atom. The number of imidazole rings is 1. The van der Waals surface area contributed by atoms with E-state index in [-0.39, 0.29) is 12.0 Å². The monoisotopic (exact) mass is 437 g/mol. The van der Waals surface area contributed by atoms with Crippen molar-refractivity contribution in [3.63, 3.8) is 0 Å². The minimum absolute atomic E-state index is 0.361. The van der Waals surface area contributed by atoms with Crippen molar-refractivity contribution in [1.29, 1.82) is 0 Å². The number of hydrogen-bond donors (Lipinski definition) is 1. The van der Waals surface area contributed by atoms with Crippen LogP contribution in [0.1, 0.15) is 33.6 Å². The van der Waals surface area contributed by atoms with Crippen LogP contribution < -0.4 is 10.1 Å². The SMILES string of the molecule is COc1cccc(-c2ccc3nc(NC(=O)N4CCC[C@H]4C(=O)OC(C)(C)C)cn3n2)c1. The lowest BCUT2D eigenvalue weighted by molar-refractivity contribution is -0.159. The maximum Gasteiger partial charge on any atom is 0.329 e. The van der Waals surface area contributed by atoms with Crippen LogP contribution in [-0.4, -0.2) is 56.8 Å². The summed E-state index contributed by atoms with van der Waals surface area (Å²) in [5.74, 6) is 0.720. The fourth-order valence-electron chi connectivity index (χ4n) is 3.68. The van der Waals surface area contributed by atoms with Gasteiger partial charge in [-0.1, -0.05) is 12.1 Å². The van der Waals surface area contributed by atoms with Crippen LogP contribution in [0, 0.1) is 0 Å². The van der Waals surface area contributed by atoms with Crippen molar-refractivity contribution in [3.8, 4) is 17.0 Å². The molecule has 3 aromatic rings. The van der Waals surface area contributed by atoms with Crippen LogP contribution >= 0.6 is 0 Å². The van der Waals surface area contributed by atoms with Crippen LogP contribution in [0.5, 0.6) is 5.75 Å². The lowest BCUT2D eigenvalue weighted by Crippen LogP contribution is -2.45. The van der Waals surface area contributed by atoms with E-state index in [1.54, 1.807) is 17.8 Å². The number of rotatable bonds is 4. The van der Waals surface area contributed by atoms with Crippen molar-refractivity contribution in [2.75, 3.05) is 19.0 Å². The summed E-state index contributed by atoms with van der Waals surface area (Å²) in [6.45, 7) is 5.93. The van der Waals surface area contributed by atoms with Gasteiger partial charge in [0.25, 0.3) is 0 Å². The van der Waals surface area contributed by atoms with Crippen molar-refractivity contribution in [3.05, 3.63) is 42.6 Å². The van der Waals surface area contributed by atoms with Crippen LogP contribution in [0.3, 0.4) is 0 Å². The summed E-state index contributed by atoms with van der Waals surface area (Å²) in [5.41, 5.74) is 1.64. The van der Waals surface area contributed by atoms with E-state index in [0.717, 1.165) is 23.4 Å². The highest BCUT2D eigenvalue weighted by Gasteiger charge is 2.37. The predicted molar refractivity (Wildman–Crippen MR) is 120 cm³/mol. The summed E-state index contributed by atoms with van der Waals surface area (Å²) >= 11 is 0. The first-order chi connectivity index (χ1) is 15.2. The molecule has 0 unspecified atom stereocenters. The second-order valence-corrected chi connectivity index (χ2v) is 8.69. The van der Waals surface area contributed by atoms with Crippen molar-refractivity contribution < 1.29 is 19.1 Å². The summed E-state index contributed by atoms with van der Waals surface area (Å²) in [7, 11) is 1.62. The van der Waals surface area contributed by atoms with E-state index in [9.17, 15) is 9.59 Å². The van der Waals surface area contributed by atoms with Gasteiger partial charge in [0.05, 0.1) is 19.0 Å². The molecule has 1 aromatic carbocycles. The molecular formula is C23H27N5O4. The van der Waals surface area contributed by atoms with E-state index < -0.39 is 11.6 Å². The van der Waals surface area contributed by atoms with E-state index in [4.69, 9.17) is 9.47 Å². The molecule has 1 N–H and O–H groups in total. The van der Waals surface area contributed by atoms with Crippen molar-refractivity contribution in [2.24, 2.45) is 0 Å². The Morgan fingerprint density at radius 3 is 2.75 bits per heavy atom. The number of fused-ring (bicyclic) bond motifs is 1. The molecule has 1 aliphatic rings. The topological polar surface area (TPSA) is 98.1 Å². The number of nitrogens with zero attached hydrogens (tertiary/aromatic N) is 4. The van der Waals surface area contributed by atoms with Gasteiger partial charge in [0, 0.05) is 12.1 Å². The molecule has 1 atom stereocenters. The molecule has 168 valence electrons. The summed E-state index contributed by atoms with van der Waals surface area (Å²) in [6, 6.07) is 10.3. The van der Waals surface area contributed by atoms with Crippen LogP contribution in [-0.2, 0) is 9.53 Å². The number of aromatic nitrogens is 3. The Morgan fingerprint density at radius 1 is 1.19 bits per heavy atom. The molecule has 1 aliphatic heterocycles. The standard InChI is InChI=1S/C23H27N5O4/c1-23(2,3)32-21(29)18-9-6-12-27(18)22(30)25-19-14-28-20(24-19)11-10-17(26-28)15-7-5-8-16(13-15)31-4/h5,7-8,10-11,13-14,18H,6,9,12H2,1-4H3,(H,25,30)/t18-/m0/s1. The maximum atomic E-state index is 12.9. The number of carbonyl (C=O) groups is 2. The molecule has 3 heterocycles. The van der Waals surface area contributed by atoms with E-state index in [2.05, 4.69) is 15.4 Å². The molecule has 0 bridgehead atoms. The molecule has 0 saturated carbocycles. The van der Waals surface area contributed by atoms with Gasteiger partial charge in [-0.2, -0.15) is 5.10 Å². The second kappa shape index (κ2) is 8.49. The molecular weight excluding hydrogens is 410 g/mol. The summed E-state index contributed by atoms with van der Waals surface area (Å²) in [5, 5.41) is 7.38. The third kappa shape index (κ3) is 4.66.